The summed E-state index contributed by atoms with van der Waals surface area (Å²) in [5, 5.41) is 0. The first kappa shape index (κ1) is 12.4. The zero-order chi connectivity index (χ0) is 9.78. The molecule has 4 nitrogen and oxygen atoms in total. The van der Waals surface area contributed by atoms with Crippen molar-refractivity contribution in [1.82, 2.24) is 0 Å². The second-order valence-corrected chi connectivity index (χ2v) is 2.27. The predicted octanol–water partition coefficient (Wildman–Crippen LogP) is -0.372. The summed E-state index contributed by atoms with van der Waals surface area (Å²) in [4.78, 5) is 0. The van der Waals surface area contributed by atoms with Crippen LogP contribution in [0, 0.1) is 12.3 Å². The number of nitrogens with two attached hydrogens (primary N) is 1. The van der Waals surface area contributed by atoms with Gasteiger partial charge in [-0.3, -0.25) is 0 Å². The van der Waals surface area contributed by atoms with Crippen LogP contribution in [0.15, 0.2) is 0 Å². The standard InChI is InChI=1S/C9H17NO3/c1-2-4-11-6-8-13-9-7-12-5-3-10/h1H,3-10H2. The van der Waals surface area contributed by atoms with E-state index < -0.39 is 0 Å². The van der Waals surface area contributed by atoms with Gasteiger partial charge in [-0.1, -0.05) is 5.92 Å². The van der Waals surface area contributed by atoms with E-state index in [4.69, 9.17) is 26.4 Å². The molecule has 0 fully saturated rings. The van der Waals surface area contributed by atoms with Crippen molar-refractivity contribution < 1.29 is 14.2 Å². The Morgan fingerprint density at radius 3 is 2.00 bits per heavy atom. The molecule has 0 atom stereocenters. The molecule has 0 radical (unpaired) electrons. The molecule has 0 heterocycles. The van der Waals surface area contributed by atoms with Crippen molar-refractivity contribution in [1.29, 1.82) is 0 Å². The van der Waals surface area contributed by atoms with Crippen molar-refractivity contribution in [3.63, 3.8) is 0 Å². The average Bonchev–Trinajstić information content (AvgIpc) is 2.16. The van der Waals surface area contributed by atoms with Gasteiger partial charge in [-0.15, -0.1) is 6.42 Å². The lowest BCUT2D eigenvalue weighted by Gasteiger charge is -2.04. The Balaban J connectivity index is 2.80. The van der Waals surface area contributed by atoms with E-state index in [0.717, 1.165) is 0 Å². The molecule has 0 amide bonds. The maximum atomic E-state index is 5.22. The second kappa shape index (κ2) is 11.4. The van der Waals surface area contributed by atoms with Crippen LogP contribution in [0.5, 0.6) is 0 Å². The highest BCUT2D eigenvalue weighted by Crippen LogP contribution is 1.79. The summed E-state index contributed by atoms with van der Waals surface area (Å²) < 4.78 is 15.2. The fourth-order valence-electron chi connectivity index (χ4n) is 0.654. The second-order valence-electron chi connectivity index (χ2n) is 2.27. The Morgan fingerprint density at radius 1 is 0.923 bits per heavy atom. The summed E-state index contributed by atoms with van der Waals surface area (Å²) in [7, 11) is 0. The van der Waals surface area contributed by atoms with Crippen molar-refractivity contribution in [2.45, 2.75) is 0 Å². The van der Waals surface area contributed by atoms with Crippen LogP contribution in [-0.2, 0) is 14.2 Å². The molecule has 0 aliphatic carbocycles. The summed E-state index contributed by atoms with van der Waals surface area (Å²) in [6.07, 6.45) is 4.98. The maximum absolute atomic E-state index is 5.22. The first-order valence-corrected chi connectivity index (χ1v) is 4.28. The van der Waals surface area contributed by atoms with Crippen LogP contribution in [0.3, 0.4) is 0 Å². The minimum atomic E-state index is 0.340. The zero-order valence-electron chi connectivity index (χ0n) is 7.83. The van der Waals surface area contributed by atoms with Gasteiger partial charge in [0.1, 0.15) is 6.61 Å². The Bertz CT molecular complexity index is 133. The highest BCUT2D eigenvalue weighted by Gasteiger charge is 1.89. The molecule has 0 unspecified atom stereocenters. The van der Waals surface area contributed by atoms with Crippen LogP contribution in [0.4, 0.5) is 0 Å². The predicted molar refractivity (Wildman–Crippen MR) is 50.3 cm³/mol. The lowest BCUT2D eigenvalue weighted by molar-refractivity contribution is 0.0220. The normalized spacial score (nSPS) is 9.85. The molecule has 0 saturated carbocycles. The molecule has 13 heavy (non-hydrogen) atoms. The molecule has 76 valence electrons. The van der Waals surface area contributed by atoms with E-state index in [1.165, 1.54) is 0 Å². The summed E-state index contributed by atoms with van der Waals surface area (Å²) in [5.74, 6) is 2.37. The smallest absolute Gasteiger partial charge is 0.107 e. The van der Waals surface area contributed by atoms with Crippen LogP contribution in [0.25, 0.3) is 0 Å². The van der Waals surface area contributed by atoms with E-state index in [-0.39, 0.29) is 0 Å². The SMILES string of the molecule is C#CCOCCOCCOCCN. The quantitative estimate of drug-likeness (QED) is 0.395. The van der Waals surface area contributed by atoms with Crippen LogP contribution in [0.2, 0.25) is 0 Å². The Morgan fingerprint density at radius 2 is 1.46 bits per heavy atom. The lowest BCUT2D eigenvalue weighted by atomic mass is 10.7. The monoisotopic (exact) mass is 187 g/mol. The van der Waals surface area contributed by atoms with Crippen molar-refractivity contribution in [3.8, 4) is 12.3 Å². The third-order valence-electron chi connectivity index (χ3n) is 1.19. The fraction of sp³-hybridized carbons (Fsp3) is 0.778. The molecular formula is C9H17NO3. The molecule has 2 N–H and O–H groups in total. The molecule has 0 aromatic carbocycles. The minimum Gasteiger partial charge on any atom is -0.378 e. The largest absolute Gasteiger partial charge is 0.378 e. The topological polar surface area (TPSA) is 53.7 Å². The summed E-state index contributed by atoms with van der Waals surface area (Å²) in [6, 6.07) is 0. The number of ether oxygens (including phenoxy) is 3. The van der Waals surface area contributed by atoms with Gasteiger partial charge in [0.25, 0.3) is 0 Å². The molecule has 0 spiro atoms. The third kappa shape index (κ3) is 11.4. The Labute approximate surface area is 79.3 Å². The van der Waals surface area contributed by atoms with E-state index in [9.17, 15) is 0 Å². The van der Waals surface area contributed by atoms with Crippen molar-refractivity contribution in [2.75, 3.05) is 46.2 Å². The van der Waals surface area contributed by atoms with E-state index in [2.05, 4.69) is 5.92 Å². The highest BCUT2D eigenvalue weighted by molar-refractivity contribution is 4.82. The maximum Gasteiger partial charge on any atom is 0.107 e. The number of hydrogen-bond donors (Lipinski definition) is 1. The van der Waals surface area contributed by atoms with Gasteiger partial charge in [0.2, 0.25) is 0 Å². The van der Waals surface area contributed by atoms with Gasteiger partial charge in [0, 0.05) is 6.54 Å². The van der Waals surface area contributed by atoms with Gasteiger partial charge in [0.15, 0.2) is 0 Å². The molecule has 0 bridgehead atoms. The number of terminal acetylenes is 1. The van der Waals surface area contributed by atoms with Crippen molar-refractivity contribution >= 4 is 0 Å². The van der Waals surface area contributed by atoms with Crippen LogP contribution < -0.4 is 5.73 Å². The summed E-state index contributed by atoms with van der Waals surface area (Å²) in [6.45, 7) is 3.69. The Kier molecular flexibility index (Phi) is 10.9. The third-order valence-corrected chi connectivity index (χ3v) is 1.19. The van der Waals surface area contributed by atoms with Gasteiger partial charge in [-0.05, 0) is 0 Å². The van der Waals surface area contributed by atoms with Gasteiger partial charge in [-0.2, -0.15) is 0 Å². The lowest BCUT2D eigenvalue weighted by Crippen LogP contribution is -2.13. The summed E-state index contributed by atoms with van der Waals surface area (Å²) >= 11 is 0. The summed E-state index contributed by atoms with van der Waals surface area (Å²) in [5.41, 5.74) is 5.22. The molecular weight excluding hydrogens is 170 g/mol. The molecule has 0 aliphatic heterocycles. The van der Waals surface area contributed by atoms with E-state index in [1.807, 2.05) is 0 Å². The van der Waals surface area contributed by atoms with Gasteiger partial charge >= 0.3 is 0 Å². The fourth-order valence-corrected chi connectivity index (χ4v) is 0.654. The van der Waals surface area contributed by atoms with Crippen molar-refractivity contribution in [3.05, 3.63) is 0 Å². The number of rotatable bonds is 9. The first-order valence-electron chi connectivity index (χ1n) is 4.28. The highest BCUT2D eigenvalue weighted by atomic mass is 16.5. The van der Waals surface area contributed by atoms with Gasteiger partial charge in [-0.25, -0.2) is 0 Å². The van der Waals surface area contributed by atoms with E-state index in [0.29, 0.717) is 46.2 Å². The van der Waals surface area contributed by atoms with Gasteiger partial charge in [0.05, 0.1) is 33.0 Å². The van der Waals surface area contributed by atoms with Crippen molar-refractivity contribution in [2.24, 2.45) is 5.73 Å². The Hall–Kier alpha value is -0.600. The molecule has 0 saturated heterocycles. The van der Waals surface area contributed by atoms with Gasteiger partial charge < -0.3 is 19.9 Å². The zero-order valence-corrected chi connectivity index (χ0v) is 7.83. The average molecular weight is 187 g/mol. The minimum absolute atomic E-state index is 0.340. The molecule has 4 heteroatoms. The number of hydrogen-bond acceptors (Lipinski definition) is 4. The van der Waals surface area contributed by atoms with Crippen LogP contribution >= 0.6 is 0 Å². The molecule has 0 aromatic rings. The molecule has 0 rings (SSSR count). The van der Waals surface area contributed by atoms with Crippen LogP contribution in [-0.4, -0.2) is 46.2 Å². The molecule has 0 aliphatic rings. The van der Waals surface area contributed by atoms with Crippen LogP contribution in [0.1, 0.15) is 0 Å². The first-order chi connectivity index (χ1) is 6.41. The molecule has 0 aromatic heterocycles. The van der Waals surface area contributed by atoms with E-state index >= 15 is 0 Å². The van der Waals surface area contributed by atoms with E-state index in [1.54, 1.807) is 0 Å².